The Balaban J connectivity index is 2.05. The van der Waals surface area contributed by atoms with Gasteiger partial charge in [0.25, 0.3) is 0 Å². The van der Waals surface area contributed by atoms with E-state index in [1.54, 1.807) is 0 Å². The number of nitrogens with zero attached hydrogens (tertiary/aromatic N) is 3. The summed E-state index contributed by atoms with van der Waals surface area (Å²) in [5.74, 6) is -1.10. The Morgan fingerprint density at radius 3 is 1.38 bits per heavy atom. The maximum absolute atomic E-state index is 13.6. The molecule has 0 bridgehead atoms. The van der Waals surface area contributed by atoms with Crippen molar-refractivity contribution in [1.82, 2.24) is 14.7 Å². The lowest BCUT2D eigenvalue weighted by molar-refractivity contribution is -0.159. The predicted molar refractivity (Wildman–Crippen MR) is 236 cm³/mol. The average molecular weight is 831 g/mol. The number of esters is 3. The van der Waals surface area contributed by atoms with Crippen LogP contribution < -0.4 is 5.32 Å². The zero-order chi connectivity index (χ0) is 44.7. The minimum Gasteiger partial charge on any atom is -0.459 e. The zero-order valence-electron chi connectivity index (χ0n) is 38.1. The third-order valence-corrected chi connectivity index (χ3v) is 8.56. The van der Waals surface area contributed by atoms with E-state index in [1.807, 2.05) is 178 Å². The first-order valence-electron chi connectivity index (χ1n) is 20.8. The Morgan fingerprint density at radius 1 is 0.500 bits per heavy atom. The number of anilines is 1. The summed E-state index contributed by atoms with van der Waals surface area (Å²) in [6.07, 6.45) is -0.0657. The van der Waals surface area contributed by atoms with Crippen molar-refractivity contribution in [3.8, 4) is 0 Å². The van der Waals surface area contributed by atoms with E-state index in [-0.39, 0.29) is 43.6 Å². The Bertz CT molecular complexity index is 1790. The summed E-state index contributed by atoms with van der Waals surface area (Å²) in [5.41, 5.74) is 0.879. The fourth-order valence-electron chi connectivity index (χ4n) is 6.38. The van der Waals surface area contributed by atoms with E-state index in [9.17, 15) is 19.2 Å². The molecule has 330 valence electrons. The van der Waals surface area contributed by atoms with Crippen molar-refractivity contribution in [2.75, 3.05) is 44.6 Å². The van der Waals surface area contributed by atoms with Gasteiger partial charge in [0, 0.05) is 44.5 Å². The fraction of sp³-hybridized carbons (Fsp3) is 0.542. The molecule has 0 aliphatic carbocycles. The van der Waals surface area contributed by atoms with Gasteiger partial charge < -0.3 is 18.9 Å². The van der Waals surface area contributed by atoms with Crippen molar-refractivity contribution in [3.63, 3.8) is 0 Å². The number of hydrogen-bond donors (Lipinski definition) is 1. The molecule has 12 nitrogen and oxygen atoms in total. The second-order valence-corrected chi connectivity index (χ2v) is 19.3. The molecule has 3 aromatic rings. The SMILES string of the molecule is CC(C)(C)OC(=O)CN(CCN(CC(=O)OC(C)(C)C)CC(Cc1ccc(NC(=O)OC(C)(C)C)cc1)N(CC(=O)OC(C)(C)C)Cc1ccccc1)Cc1ccccc1. The molecular formula is C48H70N4O8. The smallest absolute Gasteiger partial charge is 0.412 e. The van der Waals surface area contributed by atoms with Crippen LogP contribution in [0.2, 0.25) is 0 Å². The summed E-state index contributed by atoms with van der Waals surface area (Å²) in [5, 5.41) is 2.79. The van der Waals surface area contributed by atoms with Crippen molar-refractivity contribution < 1.29 is 38.1 Å². The number of carbonyl (C=O) groups excluding carboxylic acids is 4. The first kappa shape index (κ1) is 49.6. The van der Waals surface area contributed by atoms with Crippen molar-refractivity contribution >= 4 is 29.7 Å². The van der Waals surface area contributed by atoms with E-state index in [0.717, 1.165) is 16.7 Å². The van der Waals surface area contributed by atoms with Gasteiger partial charge in [0.05, 0.1) is 19.6 Å². The number of benzene rings is 3. The molecule has 0 heterocycles. The molecular weight excluding hydrogens is 761 g/mol. The van der Waals surface area contributed by atoms with Crippen LogP contribution >= 0.6 is 0 Å². The number of ether oxygens (including phenoxy) is 4. The highest BCUT2D eigenvalue weighted by molar-refractivity contribution is 5.84. The van der Waals surface area contributed by atoms with Crippen molar-refractivity contribution in [1.29, 1.82) is 0 Å². The zero-order valence-corrected chi connectivity index (χ0v) is 38.1. The standard InChI is InChI=1S/C48H70N4O8/c1-45(2,3)57-41(53)33-50(30-37-19-15-13-16-20-37)27-28-51(34-42(54)58-46(4,5)6)32-40(29-36-23-25-39(26-24-36)49-44(56)60-48(10,11)12)52(31-38-21-17-14-18-22-38)35-43(55)59-47(7,8)9/h13-26,40H,27-35H2,1-12H3,(H,49,56). The molecule has 1 atom stereocenters. The Kier molecular flexibility index (Phi) is 18.3. The monoisotopic (exact) mass is 831 g/mol. The normalized spacial score (nSPS) is 12.9. The number of hydrogen-bond acceptors (Lipinski definition) is 11. The third kappa shape index (κ3) is 21.5. The van der Waals surface area contributed by atoms with Crippen LogP contribution in [-0.4, -0.2) is 106 Å². The van der Waals surface area contributed by atoms with Crippen LogP contribution in [0.4, 0.5) is 10.5 Å². The summed E-state index contributed by atoms with van der Waals surface area (Å²) in [4.78, 5) is 59.1. The van der Waals surface area contributed by atoms with E-state index in [1.165, 1.54) is 0 Å². The first-order chi connectivity index (χ1) is 27.8. The van der Waals surface area contributed by atoms with Crippen LogP contribution in [0.15, 0.2) is 84.9 Å². The van der Waals surface area contributed by atoms with Gasteiger partial charge in [-0.05, 0) is 118 Å². The van der Waals surface area contributed by atoms with Gasteiger partial charge in [0.1, 0.15) is 22.4 Å². The molecule has 0 fully saturated rings. The summed E-state index contributed by atoms with van der Waals surface area (Å²) in [6.45, 7) is 24.1. The average Bonchev–Trinajstić information content (AvgIpc) is 3.08. The molecule has 0 aliphatic heterocycles. The van der Waals surface area contributed by atoms with E-state index in [4.69, 9.17) is 18.9 Å². The van der Waals surface area contributed by atoms with E-state index in [0.29, 0.717) is 44.8 Å². The maximum atomic E-state index is 13.6. The minimum atomic E-state index is -0.705. The lowest BCUT2D eigenvalue weighted by Gasteiger charge is -2.36. The van der Waals surface area contributed by atoms with Gasteiger partial charge >= 0.3 is 24.0 Å². The Morgan fingerprint density at radius 2 is 0.917 bits per heavy atom. The first-order valence-corrected chi connectivity index (χ1v) is 20.8. The van der Waals surface area contributed by atoms with Crippen molar-refractivity contribution in [2.45, 2.75) is 131 Å². The van der Waals surface area contributed by atoms with E-state index in [2.05, 4.69) is 10.2 Å². The molecule has 1 amide bonds. The Hall–Kier alpha value is -4.78. The van der Waals surface area contributed by atoms with Crippen molar-refractivity contribution in [2.24, 2.45) is 0 Å². The highest BCUT2D eigenvalue weighted by Crippen LogP contribution is 2.20. The molecule has 12 heteroatoms. The van der Waals surface area contributed by atoms with Crippen LogP contribution in [0.1, 0.15) is 99.8 Å². The summed E-state index contributed by atoms with van der Waals surface area (Å²) < 4.78 is 22.9. The van der Waals surface area contributed by atoms with Crippen molar-refractivity contribution in [3.05, 3.63) is 102 Å². The molecule has 3 rings (SSSR count). The van der Waals surface area contributed by atoms with Gasteiger partial charge in [-0.1, -0.05) is 72.8 Å². The predicted octanol–water partition coefficient (Wildman–Crippen LogP) is 8.28. The maximum Gasteiger partial charge on any atom is 0.412 e. The van der Waals surface area contributed by atoms with Crippen LogP contribution in [0.25, 0.3) is 0 Å². The van der Waals surface area contributed by atoms with Gasteiger partial charge in [0.15, 0.2) is 0 Å². The second-order valence-electron chi connectivity index (χ2n) is 19.3. The molecule has 0 aromatic heterocycles. The third-order valence-electron chi connectivity index (χ3n) is 8.56. The summed E-state index contributed by atoms with van der Waals surface area (Å²) in [7, 11) is 0. The van der Waals surface area contributed by atoms with E-state index < -0.39 is 28.5 Å². The molecule has 0 aliphatic rings. The van der Waals surface area contributed by atoms with E-state index >= 15 is 0 Å². The van der Waals surface area contributed by atoms with Gasteiger partial charge in [-0.15, -0.1) is 0 Å². The van der Waals surface area contributed by atoms with Gasteiger partial charge in [0.2, 0.25) is 0 Å². The quantitative estimate of drug-likeness (QED) is 0.0927. The molecule has 0 radical (unpaired) electrons. The number of carbonyl (C=O) groups is 4. The topological polar surface area (TPSA) is 127 Å². The highest BCUT2D eigenvalue weighted by Gasteiger charge is 2.29. The largest absolute Gasteiger partial charge is 0.459 e. The summed E-state index contributed by atoms with van der Waals surface area (Å²) in [6, 6.07) is 27.0. The molecule has 3 aromatic carbocycles. The fourth-order valence-corrected chi connectivity index (χ4v) is 6.38. The Labute approximate surface area is 358 Å². The van der Waals surface area contributed by atoms with Gasteiger partial charge in [-0.3, -0.25) is 34.4 Å². The molecule has 1 N–H and O–H groups in total. The second kappa shape index (κ2) is 22.2. The molecule has 60 heavy (non-hydrogen) atoms. The molecule has 0 saturated heterocycles. The number of rotatable bonds is 19. The highest BCUT2D eigenvalue weighted by atomic mass is 16.6. The van der Waals surface area contributed by atoms with Crippen LogP contribution in [-0.2, 0) is 52.8 Å². The van der Waals surface area contributed by atoms with Crippen LogP contribution in [0.3, 0.4) is 0 Å². The minimum absolute atomic E-state index is 0.00579. The number of amides is 1. The lowest BCUT2D eigenvalue weighted by atomic mass is 10.0. The summed E-state index contributed by atoms with van der Waals surface area (Å²) >= 11 is 0. The van der Waals surface area contributed by atoms with Crippen LogP contribution in [0, 0.1) is 0 Å². The lowest BCUT2D eigenvalue weighted by Crippen LogP contribution is -2.50. The number of nitrogens with one attached hydrogen (secondary N) is 1. The molecule has 0 saturated carbocycles. The molecule has 0 spiro atoms. The van der Waals surface area contributed by atoms with Crippen LogP contribution in [0.5, 0.6) is 0 Å². The molecule has 1 unspecified atom stereocenters. The van der Waals surface area contributed by atoms with Gasteiger partial charge in [-0.25, -0.2) is 4.79 Å². The van der Waals surface area contributed by atoms with Gasteiger partial charge in [-0.2, -0.15) is 0 Å².